The second-order valence-electron chi connectivity index (χ2n) is 6.27. The van der Waals surface area contributed by atoms with Gasteiger partial charge in [0.25, 0.3) is 0 Å². The molecule has 1 atom stereocenters. The van der Waals surface area contributed by atoms with Gasteiger partial charge >= 0.3 is 5.97 Å². The van der Waals surface area contributed by atoms with Crippen molar-refractivity contribution in [3.63, 3.8) is 0 Å². The molecule has 0 aromatic rings. The van der Waals surface area contributed by atoms with E-state index in [2.05, 4.69) is 4.72 Å². The molecule has 0 aromatic carbocycles. The molecule has 0 saturated heterocycles. The smallest absolute Gasteiger partial charge is 0.307 e. The number of hydrogen-bond acceptors (Lipinski definition) is 3. The third kappa shape index (κ3) is 6.70. The van der Waals surface area contributed by atoms with Crippen LogP contribution in [0.3, 0.4) is 0 Å². The van der Waals surface area contributed by atoms with Gasteiger partial charge in [0.2, 0.25) is 10.0 Å². The number of carbonyl (C=O) groups is 1. The maximum absolute atomic E-state index is 11.9. The minimum atomic E-state index is -3.35. The van der Waals surface area contributed by atoms with E-state index in [9.17, 15) is 13.2 Å². The third-order valence-corrected chi connectivity index (χ3v) is 5.30. The molecule has 2 N–H and O–H groups in total. The Morgan fingerprint density at radius 2 is 1.90 bits per heavy atom. The van der Waals surface area contributed by atoms with Gasteiger partial charge in [0.15, 0.2) is 0 Å². The molecule has 1 unspecified atom stereocenters. The summed E-state index contributed by atoms with van der Waals surface area (Å²) in [6, 6.07) is 0. The molecular weight excluding hydrogens is 278 g/mol. The number of rotatable bonds is 9. The van der Waals surface area contributed by atoms with Gasteiger partial charge in [-0.3, -0.25) is 4.79 Å². The standard InChI is InChI=1S/C14H27NO4S/c1-11(2)9-13(14(16)17)10-15-20(18,19)8-7-12-5-3-4-6-12/h11-13,15H,3-10H2,1-2H3,(H,16,17). The molecule has 5 nitrogen and oxygen atoms in total. The highest BCUT2D eigenvalue weighted by Crippen LogP contribution is 2.27. The molecule has 1 aliphatic carbocycles. The van der Waals surface area contributed by atoms with Crippen molar-refractivity contribution in [2.45, 2.75) is 52.4 Å². The van der Waals surface area contributed by atoms with Gasteiger partial charge in [-0.2, -0.15) is 0 Å². The summed E-state index contributed by atoms with van der Waals surface area (Å²) in [6.07, 6.45) is 5.83. The second-order valence-corrected chi connectivity index (χ2v) is 8.20. The van der Waals surface area contributed by atoms with Crippen LogP contribution >= 0.6 is 0 Å². The number of sulfonamides is 1. The molecule has 0 aromatic heterocycles. The summed E-state index contributed by atoms with van der Waals surface area (Å²) < 4.78 is 26.3. The lowest BCUT2D eigenvalue weighted by molar-refractivity contribution is -0.142. The normalized spacial score (nSPS) is 18.6. The van der Waals surface area contributed by atoms with Crippen molar-refractivity contribution in [2.24, 2.45) is 17.8 Å². The van der Waals surface area contributed by atoms with Crippen LogP contribution in [0.5, 0.6) is 0 Å². The van der Waals surface area contributed by atoms with Gasteiger partial charge in [0.05, 0.1) is 11.7 Å². The molecule has 0 spiro atoms. The zero-order chi connectivity index (χ0) is 15.2. The van der Waals surface area contributed by atoms with E-state index in [0.29, 0.717) is 18.8 Å². The maximum atomic E-state index is 11.9. The maximum Gasteiger partial charge on any atom is 0.307 e. The first-order chi connectivity index (χ1) is 9.30. The highest BCUT2D eigenvalue weighted by atomic mass is 32.2. The first-order valence-electron chi connectivity index (χ1n) is 7.50. The van der Waals surface area contributed by atoms with E-state index in [-0.39, 0.29) is 18.2 Å². The van der Waals surface area contributed by atoms with Gasteiger partial charge in [-0.05, 0) is 24.7 Å². The fourth-order valence-electron chi connectivity index (χ4n) is 2.76. The van der Waals surface area contributed by atoms with Crippen LogP contribution in [-0.4, -0.2) is 31.8 Å². The zero-order valence-corrected chi connectivity index (χ0v) is 13.3. The molecule has 0 aliphatic heterocycles. The minimum absolute atomic E-state index is 0.000509. The van der Waals surface area contributed by atoms with Gasteiger partial charge in [-0.15, -0.1) is 0 Å². The predicted octanol–water partition coefficient (Wildman–Crippen LogP) is 2.23. The van der Waals surface area contributed by atoms with E-state index in [1.54, 1.807) is 0 Å². The largest absolute Gasteiger partial charge is 0.481 e. The summed E-state index contributed by atoms with van der Waals surface area (Å²) in [6.45, 7) is 3.87. The third-order valence-electron chi connectivity index (χ3n) is 3.92. The van der Waals surface area contributed by atoms with Crippen LogP contribution in [0.25, 0.3) is 0 Å². The van der Waals surface area contributed by atoms with Crippen LogP contribution in [0.1, 0.15) is 52.4 Å². The average Bonchev–Trinajstić information content (AvgIpc) is 2.84. The second kappa shape index (κ2) is 7.98. The quantitative estimate of drug-likeness (QED) is 0.684. The lowest BCUT2D eigenvalue weighted by Gasteiger charge is -2.16. The summed E-state index contributed by atoms with van der Waals surface area (Å²) in [5.41, 5.74) is 0. The van der Waals surface area contributed by atoms with E-state index < -0.39 is 21.9 Å². The van der Waals surface area contributed by atoms with Crippen molar-refractivity contribution in [1.82, 2.24) is 4.72 Å². The Hall–Kier alpha value is -0.620. The van der Waals surface area contributed by atoms with Crippen LogP contribution in [0, 0.1) is 17.8 Å². The van der Waals surface area contributed by atoms with Crippen molar-refractivity contribution in [3.05, 3.63) is 0 Å². The van der Waals surface area contributed by atoms with Gasteiger partial charge in [-0.1, -0.05) is 39.5 Å². The number of nitrogens with one attached hydrogen (secondary N) is 1. The number of carboxylic acids is 1. The Kier molecular flexibility index (Phi) is 6.95. The average molecular weight is 305 g/mol. The van der Waals surface area contributed by atoms with Gasteiger partial charge in [0.1, 0.15) is 0 Å². The summed E-state index contributed by atoms with van der Waals surface area (Å²) in [4.78, 5) is 11.1. The molecule has 6 heteroatoms. The van der Waals surface area contributed by atoms with Crippen LogP contribution in [-0.2, 0) is 14.8 Å². The molecule has 0 bridgehead atoms. The number of carboxylic acid groups (broad SMARTS) is 1. The highest BCUT2D eigenvalue weighted by molar-refractivity contribution is 7.89. The zero-order valence-electron chi connectivity index (χ0n) is 12.5. The number of aliphatic carboxylic acids is 1. The molecule has 1 saturated carbocycles. The number of hydrogen-bond donors (Lipinski definition) is 2. The molecule has 1 fully saturated rings. The van der Waals surface area contributed by atoms with E-state index in [1.165, 1.54) is 12.8 Å². The first kappa shape index (κ1) is 17.4. The highest BCUT2D eigenvalue weighted by Gasteiger charge is 2.23. The van der Waals surface area contributed by atoms with E-state index in [1.807, 2.05) is 13.8 Å². The van der Waals surface area contributed by atoms with E-state index >= 15 is 0 Å². The predicted molar refractivity (Wildman–Crippen MR) is 78.9 cm³/mol. The Bertz CT molecular complexity index is 399. The Balaban J connectivity index is 2.37. The lowest BCUT2D eigenvalue weighted by atomic mass is 9.98. The van der Waals surface area contributed by atoms with Crippen molar-refractivity contribution in [3.8, 4) is 0 Å². The van der Waals surface area contributed by atoms with Crippen molar-refractivity contribution in [1.29, 1.82) is 0 Å². The monoisotopic (exact) mass is 305 g/mol. The molecule has 1 aliphatic rings. The Morgan fingerprint density at radius 1 is 1.30 bits per heavy atom. The summed E-state index contributed by atoms with van der Waals surface area (Å²) in [5.74, 6) is -0.698. The first-order valence-corrected chi connectivity index (χ1v) is 9.15. The lowest BCUT2D eigenvalue weighted by Crippen LogP contribution is -2.35. The van der Waals surface area contributed by atoms with Crippen LogP contribution < -0.4 is 4.72 Å². The molecule has 0 amide bonds. The van der Waals surface area contributed by atoms with Crippen LogP contribution in [0.4, 0.5) is 0 Å². The Labute approximate surface area is 122 Å². The van der Waals surface area contributed by atoms with Gasteiger partial charge < -0.3 is 5.11 Å². The molecular formula is C14H27NO4S. The topological polar surface area (TPSA) is 83.5 Å². The SMILES string of the molecule is CC(C)CC(CNS(=O)(=O)CCC1CCCC1)C(=O)O. The molecule has 0 heterocycles. The summed E-state index contributed by atoms with van der Waals surface area (Å²) >= 11 is 0. The molecule has 0 radical (unpaired) electrons. The fourth-order valence-corrected chi connectivity index (χ4v) is 4.00. The van der Waals surface area contributed by atoms with Crippen LogP contribution in [0.15, 0.2) is 0 Å². The Morgan fingerprint density at radius 3 is 2.40 bits per heavy atom. The van der Waals surface area contributed by atoms with E-state index in [0.717, 1.165) is 12.8 Å². The molecule has 20 heavy (non-hydrogen) atoms. The van der Waals surface area contributed by atoms with E-state index in [4.69, 9.17) is 5.11 Å². The van der Waals surface area contributed by atoms with Crippen LogP contribution in [0.2, 0.25) is 0 Å². The summed E-state index contributed by atoms with van der Waals surface area (Å²) in [5, 5.41) is 9.09. The van der Waals surface area contributed by atoms with Crippen molar-refractivity contribution >= 4 is 16.0 Å². The minimum Gasteiger partial charge on any atom is -0.481 e. The summed E-state index contributed by atoms with van der Waals surface area (Å²) in [7, 11) is -3.35. The van der Waals surface area contributed by atoms with Gasteiger partial charge in [-0.25, -0.2) is 13.1 Å². The molecule has 118 valence electrons. The van der Waals surface area contributed by atoms with Crippen molar-refractivity contribution in [2.75, 3.05) is 12.3 Å². The molecule has 1 rings (SSSR count). The fraction of sp³-hybridized carbons (Fsp3) is 0.929. The van der Waals surface area contributed by atoms with Crippen molar-refractivity contribution < 1.29 is 18.3 Å². The van der Waals surface area contributed by atoms with Gasteiger partial charge in [0, 0.05) is 6.54 Å².